The summed E-state index contributed by atoms with van der Waals surface area (Å²) < 4.78 is 11.0. The molecule has 1 amide bonds. The maximum atomic E-state index is 12.6. The van der Waals surface area contributed by atoms with E-state index < -0.39 is 0 Å². The van der Waals surface area contributed by atoms with Gasteiger partial charge in [0.05, 0.1) is 18.8 Å². The molecule has 1 atom stereocenters. The molecule has 0 unspecified atom stereocenters. The molecule has 1 N–H and O–H groups in total. The second kappa shape index (κ2) is 8.27. The number of hydrogen-bond donors (Lipinski definition) is 1. The van der Waals surface area contributed by atoms with Gasteiger partial charge in [-0.25, -0.2) is 4.98 Å². The minimum absolute atomic E-state index is 0.0624. The van der Waals surface area contributed by atoms with E-state index in [0.717, 1.165) is 11.5 Å². The Kier molecular flexibility index (Phi) is 5.82. The number of hydrogen-bond acceptors (Lipinski definition) is 7. The summed E-state index contributed by atoms with van der Waals surface area (Å²) in [5.41, 5.74) is 0.827. The fourth-order valence-corrected chi connectivity index (χ4v) is 2.80. The van der Waals surface area contributed by atoms with Gasteiger partial charge in [0.25, 0.3) is 0 Å². The molecule has 26 heavy (non-hydrogen) atoms. The van der Waals surface area contributed by atoms with Gasteiger partial charge in [0, 0.05) is 32.4 Å². The number of morpholine rings is 1. The van der Waals surface area contributed by atoms with Crippen LogP contribution in [0.4, 0.5) is 5.82 Å². The largest absolute Gasteiger partial charge is 0.373 e. The number of ether oxygens (including phenoxy) is 1. The van der Waals surface area contributed by atoms with E-state index in [1.54, 1.807) is 0 Å². The Hall–Kier alpha value is -2.48. The SMILES string of the molecule is CNc1cccc([C@@H]2CN(C(=O)CCc3nc(C(C)C)no3)CCO2)n1. The molecule has 8 nitrogen and oxygen atoms in total. The van der Waals surface area contributed by atoms with E-state index >= 15 is 0 Å². The van der Waals surface area contributed by atoms with Crippen molar-refractivity contribution in [1.82, 2.24) is 20.0 Å². The predicted molar refractivity (Wildman–Crippen MR) is 95.8 cm³/mol. The molecule has 2 aromatic heterocycles. The third-order valence-electron chi connectivity index (χ3n) is 4.33. The molecule has 1 aliphatic rings. The molecule has 0 bridgehead atoms. The Morgan fingerprint density at radius 1 is 1.38 bits per heavy atom. The van der Waals surface area contributed by atoms with Crippen LogP contribution in [0.15, 0.2) is 22.7 Å². The highest BCUT2D eigenvalue weighted by atomic mass is 16.5. The second-order valence-electron chi connectivity index (χ2n) is 6.60. The summed E-state index contributed by atoms with van der Waals surface area (Å²) in [7, 11) is 1.83. The van der Waals surface area contributed by atoms with Crippen molar-refractivity contribution in [1.29, 1.82) is 0 Å². The lowest BCUT2D eigenvalue weighted by Gasteiger charge is -2.32. The van der Waals surface area contributed by atoms with Crippen LogP contribution in [0.1, 0.15) is 49.7 Å². The van der Waals surface area contributed by atoms with Gasteiger partial charge in [-0.1, -0.05) is 25.1 Å². The van der Waals surface area contributed by atoms with Gasteiger partial charge in [-0.3, -0.25) is 4.79 Å². The van der Waals surface area contributed by atoms with Gasteiger partial charge in [-0.2, -0.15) is 4.98 Å². The normalized spacial score (nSPS) is 17.5. The molecule has 140 valence electrons. The van der Waals surface area contributed by atoms with Crippen molar-refractivity contribution in [2.75, 3.05) is 32.1 Å². The minimum Gasteiger partial charge on any atom is -0.373 e. The molecular formula is C18H25N5O3. The minimum atomic E-state index is -0.211. The Morgan fingerprint density at radius 3 is 2.96 bits per heavy atom. The van der Waals surface area contributed by atoms with Gasteiger partial charge in [0.2, 0.25) is 11.8 Å². The average molecular weight is 359 g/mol. The van der Waals surface area contributed by atoms with Crippen LogP contribution in [0.25, 0.3) is 0 Å². The number of carbonyl (C=O) groups is 1. The van der Waals surface area contributed by atoms with Crippen LogP contribution in [0, 0.1) is 0 Å². The average Bonchev–Trinajstić information content (AvgIpc) is 3.15. The zero-order valence-corrected chi connectivity index (χ0v) is 15.4. The summed E-state index contributed by atoms with van der Waals surface area (Å²) in [6.45, 7) is 5.59. The Labute approximate surface area is 152 Å². The molecule has 0 saturated carbocycles. The van der Waals surface area contributed by atoms with Crippen LogP contribution in [0.3, 0.4) is 0 Å². The van der Waals surface area contributed by atoms with Crippen LogP contribution < -0.4 is 5.32 Å². The van der Waals surface area contributed by atoms with Crippen LogP contribution in [0.5, 0.6) is 0 Å². The lowest BCUT2D eigenvalue weighted by atomic mass is 10.1. The topological polar surface area (TPSA) is 93.4 Å². The summed E-state index contributed by atoms with van der Waals surface area (Å²) in [6, 6.07) is 5.75. The number of aromatic nitrogens is 3. The molecule has 3 heterocycles. The number of pyridine rings is 1. The molecule has 1 fully saturated rings. The maximum absolute atomic E-state index is 12.6. The first-order valence-electron chi connectivity index (χ1n) is 8.93. The highest BCUT2D eigenvalue weighted by molar-refractivity contribution is 5.76. The highest BCUT2D eigenvalue weighted by Gasteiger charge is 2.26. The van der Waals surface area contributed by atoms with Crippen molar-refractivity contribution in [2.24, 2.45) is 0 Å². The van der Waals surface area contributed by atoms with Crippen molar-refractivity contribution in [3.05, 3.63) is 35.6 Å². The van der Waals surface area contributed by atoms with Crippen molar-refractivity contribution in [3.8, 4) is 0 Å². The summed E-state index contributed by atoms with van der Waals surface area (Å²) in [4.78, 5) is 23.2. The Bertz CT molecular complexity index is 746. The number of rotatable bonds is 6. The first kappa shape index (κ1) is 18.3. The van der Waals surface area contributed by atoms with Crippen molar-refractivity contribution < 1.29 is 14.1 Å². The molecule has 3 rings (SSSR count). The van der Waals surface area contributed by atoms with E-state index in [1.807, 2.05) is 44.0 Å². The van der Waals surface area contributed by atoms with E-state index in [1.165, 1.54) is 0 Å². The maximum Gasteiger partial charge on any atom is 0.227 e. The van der Waals surface area contributed by atoms with Crippen LogP contribution >= 0.6 is 0 Å². The lowest BCUT2D eigenvalue weighted by molar-refractivity contribution is -0.139. The molecule has 2 aromatic rings. The van der Waals surface area contributed by atoms with Crippen molar-refractivity contribution >= 4 is 11.7 Å². The molecule has 0 aromatic carbocycles. The van der Waals surface area contributed by atoms with E-state index in [4.69, 9.17) is 9.26 Å². The first-order chi connectivity index (χ1) is 12.6. The number of anilines is 1. The number of amides is 1. The molecule has 8 heteroatoms. The summed E-state index contributed by atoms with van der Waals surface area (Å²) in [6.07, 6.45) is 0.585. The van der Waals surface area contributed by atoms with Crippen molar-refractivity contribution in [2.45, 2.75) is 38.7 Å². The quantitative estimate of drug-likeness (QED) is 0.845. The van der Waals surface area contributed by atoms with Gasteiger partial charge >= 0.3 is 0 Å². The van der Waals surface area contributed by atoms with E-state index in [2.05, 4.69) is 20.4 Å². The lowest BCUT2D eigenvalue weighted by Crippen LogP contribution is -2.42. The summed E-state index contributed by atoms with van der Waals surface area (Å²) >= 11 is 0. The zero-order chi connectivity index (χ0) is 18.5. The van der Waals surface area contributed by atoms with Gasteiger partial charge in [0.1, 0.15) is 11.9 Å². The smallest absolute Gasteiger partial charge is 0.227 e. The number of nitrogens with one attached hydrogen (secondary N) is 1. The molecule has 0 spiro atoms. The number of carbonyl (C=O) groups excluding carboxylic acids is 1. The van der Waals surface area contributed by atoms with E-state index in [9.17, 15) is 4.79 Å². The fraction of sp³-hybridized carbons (Fsp3) is 0.556. The van der Waals surface area contributed by atoms with Gasteiger partial charge in [-0.15, -0.1) is 0 Å². The van der Waals surface area contributed by atoms with Gasteiger partial charge in [0.15, 0.2) is 5.82 Å². The Morgan fingerprint density at radius 2 is 2.23 bits per heavy atom. The van der Waals surface area contributed by atoms with Crippen molar-refractivity contribution in [3.63, 3.8) is 0 Å². The molecule has 0 aliphatic carbocycles. The molecule has 1 aliphatic heterocycles. The summed E-state index contributed by atoms with van der Waals surface area (Å²) in [5.74, 6) is 2.24. The number of aryl methyl sites for hydroxylation is 1. The first-order valence-corrected chi connectivity index (χ1v) is 8.93. The van der Waals surface area contributed by atoms with Gasteiger partial charge in [-0.05, 0) is 12.1 Å². The Balaban J connectivity index is 1.57. The predicted octanol–water partition coefficient (Wildman–Crippen LogP) is 2.16. The third-order valence-corrected chi connectivity index (χ3v) is 4.33. The highest BCUT2D eigenvalue weighted by Crippen LogP contribution is 2.22. The third kappa shape index (κ3) is 4.37. The van der Waals surface area contributed by atoms with Gasteiger partial charge < -0.3 is 19.5 Å². The summed E-state index contributed by atoms with van der Waals surface area (Å²) in [5, 5.41) is 6.95. The van der Waals surface area contributed by atoms with Crippen LogP contribution in [0.2, 0.25) is 0 Å². The van der Waals surface area contributed by atoms with E-state index in [0.29, 0.717) is 44.3 Å². The molecule has 1 saturated heterocycles. The molecular weight excluding hydrogens is 334 g/mol. The van der Waals surface area contributed by atoms with Crippen LogP contribution in [-0.2, 0) is 16.0 Å². The van der Waals surface area contributed by atoms with E-state index in [-0.39, 0.29) is 17.9 Å². The zero-order valence-electron chi connectivity index (χ0n) is 15.4. The van der Waals surface area contributed by atoms with Crippen LogP contribution in [-0.4, -0.2) is 52.7 Å². The second-order valence-corrected chi connectivity index (χ2v) is 6.60. The number of nitrogens with zero attached hydrogens (tertiary/aromatic N) is 4. The molecule has 0 radical (unpaired) electrons. The standard InChI is InChI=1S/C18H25N5O3/c1-12(2)18-21-16(26-22-18)7-8-17(24)23-9-10-25-14(11-23)13-5-4-6-15(19-3)20-13/h4-6,12,14H,7-11H2,1-3H3,(H,19,20)/t14-/m0/s1. The monoisotopic (exact) mass is 359 g/mol. The fourth-order valence-electron chi connectivity index (χ4n) is 2.80.